The first-order valence-electron chi connectivity index (χ1n) is 4.71. The summed E-state index contributed by atoms with van der Waals surface area (Å²) in [6, 6.07) is 3.43. The van der Waals surface area contributed by atoms with E-state index in [2.05, 4.69) is 10.3 Å². The minimum Gasteiger partial charge on any atom is -0.481 e. The number of pyridine rings is 1. The van der Waals surface area contributed by atoms with E-state index in [0.29, 0.717) is 17.5 Å². The third-order valence-electron chi connectivity index (χ3n) is 2.15. The van der Waals surface area contributed by atoms with Gasteiger partial charge >= 0.3 is 0 Å². The van der Waals surface area contributed by atoms with Crippen molar-refractivity contribution in [2.24, 2.45) is 0 Å². The number of amides is 1. The van der Waals surface area contributed by atoms with Gasteiger partial charge in [0.15, 0.2) is 0 Å². The minimum absolute atomic E-state index is 0.125. The highest BCUT2D eigenvalue weighted by Crippen LogP contribution is 2.21. The third kappa shape index (κ3) is 2.59. The van der Waals surface area contributed by atoms with Crippen molar-refractivity contribution in [3.63, 3.8) is 0 Å². The van der Waals surface area contributed by atoms with Crippen LogP contribution in [0.1, 0.15) is 23.2 Å². The lowest BCUT2D eigenvalue weighted by Crippen LogP contribution is -2.25. The summed E-state index contributed by atoms with van der Waals surface area (Å²) in [7, 11) is 1.49. The summed E-state index contributed by atoms with van der Waals surface area (Å²) in [4.78, 5) is 15.6. The molecule has 0 atom stereocenters. The highest BCUT2D eigenvalue weighted by Gasteiger charge is 2.24. The Morgan fingerprint density at radius 2 is 2.33 bits per heavy atom. The van der Waals surface area contributed by atoms with E-state index in [-0.39, 0.29) is 11.1 Å². The molecule has 80 valence electrons. The SMILES string of the molecule is COc1cc(C(=O)NC2CC2)cc(Cl)n1. The Balaban J connectivity index is 2.17. The van der Waals surface area contributed by atoms with E-state index in [0.717, 1.165) is 12.8 Å². The zero-order valence-electron chi connectivity index (χ0n) is 8.29. The zero-order chi connectivity index (χ0) is 10.8. The molecule has 1 aliphatic carbocycles. The molecular weight excluding hydrogens is 216 g/mol. The maximum Gasteiger partial charge on any atom is 0.251 e. The molecule has 0 aromatic carbocycles. The zero-order valence-corrected chi connectivity index (χ0v) is 9.04. The van der Waals surface area contributed by atoms with Gasteiger partial charge in [0, 0.05) is 17.7 Å². The Kier molecular flexibility index (Phi) is 2.77. The molecule has 0 saturated heterocycles. The Bertz CT molecular complexity index is 391. The first kappa shape index (κ1) is 10.2. The molecule has 0 unspecified atom stereocenters. The molecule has 15 heavy (non-hydrogen) atoms. The van der Waals surface area contributed by atoms with Gasteiger partial charge in [-0.2, -0.15) is 0 Å². The van der Waals surface area contributed by atoms with Crippen LogP contribution in [0.15, 0.2) is 12.1 Å². The number of carbonyl (C=O) groups is 1. The van der Waals surface area contributed by atoms with Gasteiger partial charge < -0.3 is 10.1 Å². The summed E-state index contributed by atoms with van der Waals surface area (Å²) >= 11 is 5.75. The van der Waals surface area contributed by atoms with Gasteiger partial charge in [-0.25, -0.2) is 4.98 Å². The normalized spacial score (nSPS) is 14.8. The van der Waals surface area contributed by atoms with E-state index < -0.39 is 0 Å². The number of carbonyl (C=O) groups excluding carboxylic acids is 1. The molecular formula is C10H11ClN2O2. The van der Waals surface area contributed by atoms with Gasteiger partial charge in [0.1, 0.15) is 5.15 Å². The number of hydrogen-bond donors (Lipinski definition) is 1. The molecule has 1 N–H and O–H groups in total. The van der Waals surface area contributed by atoms with Gasteiger partial charge in [-0.3, -0.25) is 4.79 Å². The number of halogens is 1. The molecule has 4 nitrogen and oxygen atoms in total. The molecule has 0 aliphatic heterocycles. The molecule has 1 saturated carbocycles. The lowest BCUT2D eigenvalue weighted by atomic mass is 10.2. The molecule has 1 aromatic rings. The fourth-order valence-electron chi connectivity index (χ4n) is 1.20. The summed E-state index contributed by atoms with van der Waals surface area (Å²) in [5, 5.41) is 3.13. The monoisotopic (exact) mass is 226 g/mol. The van der Waals surface area contributed by atoms with E-state index >= 15 is 0 Å². The molecule has 1 aromatic heterocycles. The van der Waals surface area contributed by atoms with Crippen molar-refractivity contribution in [2.75, 3.05) is 7.11 Å². The second-order valence-corrected chi connectivity index (χ2v) is 3.86. The minimum atomic E-state index is -0.125. The topological polar surface area (TPSA) is 51.2 Å². The number of aromatic nitrogens is 1. The van der Waals surface area contributed by atoms with E-state index in [1.807, 2.05) is 0 Å². The fraction of sp³-hybridized carbons (Fsp3) is 0.400. The average Bonchev–Trinajstić information content (AvgIpc) is 3.00. The Hall–Kier alpha value is -1.29. The number of nitrogens with one attached hydrogen (secondary N) is 1. The van der Waals surface area contributed by atoms with Crippen LogP contribution in [-0.2, 0) is 0 Å². The first-order chi connectivity index (χ1) is 7.19. The Labute approximate surface area is 92.6 Å². The van der Waals surface area contributed by atoms with Crippen LogP contribution in [0.4, 0.5) is 0 Å². The Morgan fingerprint density at radius 1 is 1.60 bits per heavy atom. The molecule has 0 spiro atoms. The van der Waals surface area contributed by atoms with Crippen LogP contribution in [0, 0.1) is 0 Å². The Morgan fingerprint density at radius 3 is 2.93 bits per heavy atom. The van der Waals surface area contributed by atoms with E-state index in [9.17, 15) is 4.79 Å². The lowest BCUT2D eigenvalue weighted by Gasteiger charge is -2.05. The second-order valence-electron chi connectivity index (χ2n) is 3.47. The molecule has 1 fully saturated rings. The van der Waals surface area contributed by atoms with Crippen LogP contribution in [0.2, 0.25) is 5.15 Å². The predicted molar refractivity (Wildman–Crippen MR) is 56.3 cm³/mol. The first-order valence-corrected chi connectivity index (χ1v) is 5.09. The molecule has 1 aliphatic rings. The van der Waals surface area contributed by atoms with Crippen LogP contribution in [0.25, 0.3) is 0 Å². The van der Waals surface area contributed by atoms with Crippen molar-refractivity contribution in [2.45, 2.75) is 18.9 Å². The molecule has 1 heterocycles. The van der Waals surface area contributed by atoms with Crippen LogP contribution in [0.5, 0.6) is 5.88 Å². The van der Waals surface area contributed by atoms with E-state index in [1.54, 1.807) is 6.07 Å². The number of hydrogen-bond acceptors (Lipinski definition) is 3. The van der Waals surface area contributed by atoms with Crippen molar-refractivity contribution < 1.29 is 9.53 Å². The van der Waals surface area contributed by atoms with Gasteiger partial charge in [-0.05, 0) is 18.9 Å². The largest absolute Gasteiger partial charge is 0.481 e. The van der Waals surface area contributed by atoms with E-state index in [4.69, 9.17) is 16.3 Å². The van der Waals surface area contributed by atoms with Gasteiger partial charge in [0.2, 0.25) is 5.88 Å². The van der Waals surface area contributed by atoms with Crippen molar-refractivity contribution in [1.82, 2.24) is 10.3 Å². The molecule has 5 heteroatoms. The standard InChI is InChI=1S/C10H11ClN2O2/c1-15-9-5-6(4-8(11)13-9)10(14)12-7-2-3-7/h4-5,7H,2-3H2,1H3,(H,12,14). The molecule has 1 amide bonds. The number of ether oxygens (including phenoxy) is 1. The van der Waals surface area contributed by atoms with Gasteiger partial charge in [-0.15, -0.1) is 0 Å². The molecule has 2 rings (SSSR count). The van der Waals surface area contributed by atoms with Crippen molar-refractivity contribution in [3.05, 3.63) is 22.8 Å². The average molecular weight is 227 g/mol. The van der Waals surface area contributed by atoms with Crippen molar-refractivity contribution >= 4 is 17.5 Å². The maximum atomic E-state index is 11.7. The second kappa shape index (κ2) is 4.06. The van der Waals surface area contributed by atoms with Gasteiger partial charge in [0.25, 0.3) is 5.91 Å². The number of nitrogens with zero attached hydrogens (tertiary/aromatic N) is 1. The molecule has 0 bridgehead atoms. The van der Waals surface area contributed by atoms with Crippen molar-refractivity contribution in [3.8, 4) is 5.88 Å². The summed E-state index contributed by atoms with van der Waals surface area (Å²) in [6.45, 7) is 0. The highest BCUT2D eigenvalue weighted by molar-refractivity contribution is 6.29. The van der Waals surface area contributed by atoms with Crippen LogP contribution in [-0.4, -0.2) is 24.0 Å². The summed E-state index contributed by atoms with van der Waals surface area (Å²) in [5.41, 5.74) is 0.485. The molecule has 0 radical (unpaired) electrons. The van der Waals surface area contributed by atoms with Crippen LogP contribution in [0.3, 0.4) is 0 Å². The highest BCUT2D eigenvalue weighted by atomic mass is 35.5. The number of methoxy groups -OCH3 is 1. The van der Waals surface area contributed by atoms with Gasteiger partial charge in [-0.1, -0.05) is 11.6 Å². The summed E-state index contributed by atoms with van der Waals surface area (Å²) in [6.07, 6.45) is 2.11. The summed E-state index contributed by atoms with van der Waals surface area (Å²) in [5.74, 6) is 0.226. The van der Waals surface area contributed by atoms with Crippen molar-refractivity contribution in [1.29, 1.82) is 0 Å². The number of rotatable bonds is 3. The third-order valence-corrected chi connectivity index (χ3v) is 2.35. The van der Waals surface area contributed by atoms with Crippen LogP contribution < -0.4 is 10.1 Å². The quantitative estimate of drug-likeness (QED) is 0.798. The van der Waals surface area contributed by atoms with E-state index in [1.165, 1.54) is 13.2 Å². The summed E-state index contributed by atoms with van der Waals surface area (Å²) < 4.78 is 4.93. The fourth-order valence-corrected chi connectivity index (χ4v) is 1.41. The van der Waals surface area contributed by atoms with Crippen LogP contribution >= 0.6 is 11.6 Å². The predicted octanol–water partition coefficient (Wildman–Crippen LogP) is 1.64. The van der Waals surface area contributed by atoms with Gasteiger partial charge in [0.05, 0.1) is 7.11 Å². The smallest absolute Gasteiger partial charge is 0.251 e. The lowest BCUT2D eigenvalue weighted by molar-refractivity contribution is 0.0950. The maximum absolute atomic E-state index is 11.7.